The molecule has 0 heterocycles. The van der Waals surface area contributed by atoms with E-state index in [0.717, 1.165) is 6.42 Å². The van der Waals surface area contributed by atoms with Gasteiger partial charge in [-0.1, -0.05) is 26.0 Å². The molecule has 3 heteroatoms. The van der Waals surface area contributed by atoms with Crippen LogP contribution in [0.1, 0.15) is 36.2 Å². The lowest BCUT2D eigenvalue weighted by Crippen LogP contribution is -2.18. The van der Waals surface area contributed by atoms with Crippen molar-refractivity contribution in [2.45, 2.75) is 26.7 Å². The van der Waals surface area contributed by atoms with Gasteiger partial charge in [0.2, 0.25) is 0 Å². The molecule has 0 aliphatic carbocycles. The third-order valence-electron chi connectivity index (χ3n) is 2.47. The van der Waals surface area contributed by atoms with Gasteiger partial charge in [-0.15, -0.1) is 5.06 Å². The van der Waals surface area contributed by atoms with Gasteiger partial charge in [0.05, 0.1) is 5.56 Å². The average molecular weight is 235 g/mol. The molecule has 0 radical (unpaired) electrons. The maximum Gasteiger partial charge on any atom is 0.356 e. The molecule has 0 aliphatic rings. The maximum absolute atomic E-state index is 11.6. The quantitative estimate of drug-likeness (QED) is 0.735. The number of nitrogens with zero attached hydrogens (tertiary/aromatic N) is 1. The molecule has 1 aromatic carbocycles. The molecule has 0 spiro atoms. The van der Waals surface area contributed by atoms with E-state index in [0.29, 0.717) is 11.5 Å². The zero-order valence-corrected chi connectivity index (χ0v) is 11.1. The second kappa shape index (κ2) is 6.40. The monoisotopic (exact) mass is 235 g/mol. The van der Waals surface area contributed by atoms with E-state index in [-0.39, 0.29) is 5.97 Å². The fraction of sp³-hybridized carbons (Fsp3) is 0.500. The third kappa shape index (κ3) is 5.00. The van der Waals surface area contributed by atoms with Gasteiger partial charge in [-0.2, -0.15) is 0 Å². The number of aryl methyl sites for hydroxylation is 1. The predicted molar refractivity (Wildman–Crippen MR) is 68.7 cm³/mol. The minimum atomic E-state index is -0.314. The van der Waals surface area contributed by atoms with E-state index >= 15 is 0 Å². The Balaban J connectivity index is 2.58. The first-order chi connectivity index (χ1) is 7.99. The second-order valence-corrected chi connectivity index (χ2v) is 4.82. The van der Waals surface area contributed by atoms with Gasteiger partial charge in [-0.3, -0.25) is 0 Å². The van der Waals surface area contributed by atoms with Crippen LogP contribution in [0.4, 0.5) is 0 Å². The molecule has 1 rings (SSSR count). The Morgan fingerprint density at radius 3 is 2.29 bits per heavy atom. The molecule has 0 amide bonds. The molecule has 1 aromatic rings. The number of carbonyl (C=O) groups excluding carboxylic acids is 1. The van der Waals surface area contributed by atoms with Gasteiger partial charge in [0.25, 0.3) is 0 Å². The van der Waals surface area contributed by atoms with Gasteiger partial charge in [0.15, 0.2) is 0 Å². The topological polar surface area (TPSA) is 29.5 Å². The molecule has 0 aliphatic heterocycles. The maximum atomic E-state index is 11.6. The SMILES string of the molecule is CC(C)CCc1ccc(C(=O)ON(C)C)cc1. The zero-order valence-electron chi connectivity index (χ0n) is 11.1. The number of rotatable bonds is 5. The fourth-order valence-electron chi connectivity index (χ4n) is 1.48. The number of hydroxylamine groups is 2. The zero-order chi connectivity index (χ0) is 12.8. The Bertz CT molecular complexity index is 355. The summed E-state index contributed by atoms with van der Waals surface area (Å²) in [6.07, 6.45) is 2.22. The van der Waals surface area contributed by atoms with Crippen LogP contribution in [-0.2, 0) is 11.3 Å². The molecule has 0 aromatic heterocycles. The summed E-state index contributed by atoms with van der Waals surface area (Å²) >= 11 is 0. The van der Waals surface area contributed by atoms with Crippen molar-refractivity contribution in [2.75, 3.05) is 14.1 Å². The standard InChI is InChI=1S/C14H21NO2/c1-11(2)5-6-12-7-9-13(10-8-12)14(16)17-15(3)4/h7-11H,5-6H2,1-4H3. The first kappa shape index (κ1) is 13.7. The Morgan fingerprint density at radius 2 is 1.82 bits per heavy atom. The van der Waals surface area contributed by atoms with Crippen molar-refractivity contribution in [3.63, 3.8) is 0 Å². The molecule has 0 fully saturated rings. The van der Waals surface area contributed by atoms with Crippen LogP contribution in [0.2, 0.25) is 0 Å². The van der Waals surface area contributed by atoms with E-state index in [1.165, 1.54) is 17.0 Å². The lowest BCUT2D eigenvalue weighted by Gasteiger charge is -2.10. The van der Waals surface area contributed by atoms with Crippen molar-refractivity contribution >= 4 is 5.97 Å². The highest BCUT2D eigenvalue weighted by Crippen LogP contribution is 2.11. The first-order valence-corrected chi connectivity index (χ1v) is 5.97. The molecule has 17 heavy (non-hydrogen) atoms. The predicted octanol–water partition coefficient (Wildman–Crippen LogP) is 2.91. The van der Waals surface area contributed by atoms with Crippen molar-refractivity contribution in [1.29, 1.82) is 0 Å². The van der Waals surface area contributed by atoms with E-state index in [9.17, 15) is 4.79 Å². The van der Waals surface area contributed by atoms with Gasteiger partial charge in [-0.25, -0.2) is 4.79 Å². The van der Waals surface area contributed by atoms with Crippen LogP contribution in [0.15, 0.2) is 24.3 Å². The van der Waals surface area contributed by atoms with Gasteiger partial charge in [0.1, 0.15) is 0 Å². The summed E-state index contributed by atoms with van der Waals surface area (Å²) in [5.74, 6) is 0.388. The Kier molecular flexibility index (Phi) is 5.16. The van der Waals surface area contributed by atoms with Crippen LogP contribution in [-0.4, -0.2) is 25.1 Å². The van der Waals surface area contributed by atoms with Crippen molar-refractivity contribution < 1.29 is 9.63 Å². The van der Waals surface area contributed by atoms with E-state index in [1.807, 2.05) is 24.3 Å². The lowest BCUT2D eigenvalue weighted by atomic mass is 10.0. The molecular weight excluding hydrogens is 214 g/mol. The Labute approximate surface area is 103 Å². The smallest absolute Gasteiger partial charge is 0.356 e. The van der Waals surface area contributed by atoms with Crippen LogP contribution >= 0.6 is 0 Å². The van der Waals surface area contributed by atoms with E-state index in [4.69, 9.17) is 4.84 Å². The highest BCUT2D eigenvalue weighted by Gasteiger charge is 2.08. The average Bonchev–Trinajstić information content (AvgIpc) is 2.26. The molecule has 0 atom stereocenters. The normalized spacial score (nSPS) is 10.9. The highest BCUT2D eigenvalue weighted by molar-refractivity contribution is 5.89. The molecule has 0 saturated carbocycles. The largest absolute Gasteiger partial charge is 0.364 e. The van der Waals surface area contributed by atoms with Gasteiger partial charge in [0, 0.05) is 14.1 Å². The molecular formula is C14H21NO2. The Hall–Kier alpha value is -1.35. The van der Waals surface area contributed by atoms with E-state index in [1.54, 1.807) is 14.1 Å². The van der Waals surface area contributed by atoms with Crippen molar-refractivity contribution in [1.82, 2.24) is 5.06 Å². The summed E-state index contributed by atoms with van der Waals surface area (Å²) in [6, 6.07) is 7.63. The van der Waals surface area contributed by atoms with Crippen molar-refractivity contribution in [2.24, 2.45) is 5.92 Å². The summed E-state index contributed by atoms with van der Waals surface area (Å²) in [6.45, 7) is 4.42. The number of hydrogen-bond acceptors (Lipinski definition) is 3. The van der Waals surface area contributed by atoms with E-state index < -0.39 is 0 Å². The highest BCUT2D eigenvalue weighted by atomic mass is 16.7. The molecule has 94 valence electrons. The van der Waals surface area contributed by atoms with Crippen molar-refractivity contribution in [3.8, 4) is 0 Å². The van der Waals surface area contributed by atoms with E-state index in [2.05, 4.69) is 13.8 Å². The van der Waals surface area contributed by atoms with Gasteiger partial charge >= 0.3 is 5.97 Å². The Morgan fingerprint density at radius 1 is 1.24 bits per heavy atom. The van der Waals surface area contributed by atoms with Gasteiger partial charge < -0.3 is 4.84 Å². The summed E-state index contributed by atoms with van der Waals surface area (Å²) in [4.78, 5) is 16.5. The lowest BCUT2D eigenvalue weighted by molar-refractivity contribution is -0.0713. The summed E-state index contributed by atoms with van der Waals surface area (Å²) in [5.41, 5.74) is 1.85. The van der Waals surface area contributed by atoms with Crippen LogP contribution in [0, 0.1) is 5.92 Å². The molecule has 0 unspecified atom stereocenters. The summed E-state index contributed by atoms with van der Waals surface area (Å²) in [7, 11) is 3.38. The number of carbonyl (C=O) groups is 1. The molecule has 0 bridgehead atoms. The van der Waals surface area contributed by atoms with Gasteiger partial charge in [-0.05, 0) is 36.5 Å². The van der Waals surface area contributed by atoms with Crippen LogP contribution in [0.5, 0.6) is 0 Å². The fourth-order valence-corrected chi connectivity index (χ4v) is 1.48. The summed E-state index contributed by atoms with van der Waals surface area (Å²) in [5, 5.41) is 1.40. The molecule has 0 saturated heterocycles. The van der Waals surface area contributed by atoms with Crippen LogP contribution in [0.25, 0.3) is 0 Å². The van der Waals surface area contributed by atoms with Crippen molar-refractivity contribution in [3.05, 3.63) is 35.4 Å². The number of benzene rings is 1. The second-order valence-electron chi connectivity index (χ2n) is 4.82. The summed E-state index contributed by atoms with van der Waals surface area (Å²) < 4.78 is 0. The minimum absolute atomic E-state index is 0.314. The number of hydrogen-bond donors (Lipinski definition) is 0. The minimum Gasteiger partial charge on any atom is -0.364 e. The first-order valence-electron chi connectivity index (χ1n) is 5.97. The van der Waals surface area contributed by atoms with Crippen LogP contribution < -0.4 is 0 Å². The molecule has 0 N–H and O–H groups in total. The molecule has 3 nitrogen and oxygen atoms in total. The third-order valence-corrected chi connectivity index (χ3v) is 2.47. The van der Waals surface area contributed by atoms with Crippen LogP contribution in [0.3, 0.4) is 0 Å².